The van der Waals surface area contributed by atoms with E-state index in [-0.39, 0.29) is 11.9 Å². The third kappa shape index (κ3) is 4.08. The normalized spacial score (nSPS) is 12.0. The lowest BCUT2D eigenvalue weighted by molar-refractivity contribution is -0.122. The average Bonchev–Trinajstić information content (AvgIpc) is 2.97. The summed E-state index contributed by atoms with van der Waals surface area (Å²) in [5.74, 6) is 0.805. The second-order valence-electron chi connectivity index (χ2n) is 5.12. The number of aryl methyl sites for hydroxylation is 1. The van der Waals surface area contributed by atoms with Crippen LogP contribution in [0.5, 0.6) is 5.75 Å². The minimum Gasteiger partial charge on any atom is -0.493 e. The van der Waals surface area contributed by atoms with E-state index in [0.717, 1.165) is 16.9 Å². The van der Waals surface area contributed by atoms with Gasteiger partial charge in [0.2, 0.25) is 5.91 Å². The molecule has 0 aliphatic heterocycles. The van der Waals surface area contributed by atoms with Crippen LogP contribution in [0.25, 0.3) is 0 Å². The molecule has 0 fully saturated rings. The van der Waals surface area contributed by atoms with Crippen molar-refractivity contribution in [3.63, 3.8) is 0 Å². The number of rotatable bonds is 6. The van der Waals surface area contributed by atoms with Gasteiger partial charge in [-0.15, -0.1) is 0 Å². The van der Waals surface area contributed by atoms with Crippen molar-refractivity contribution in [2.45, 2.75) is 33.2 Å². The molecule has 1 unspecified atom stereocenters. The lowest BCUT2D eigenvalue weighted by Gasteiger charge is -2.13. The molecule has 2 aromatic rings. The van der Waals surface area contributed by atoms with Crippen molar-refractivity contribution in [2.24, 2.45) is 0 Å². The molecular weight excluding hydrogens is 266 g/mol. The number of amides is 1. The smallest absolute Gasteiger partial charge is 0.223 e. The summed E-state index contributed by atoms with van der Waals surface area (Å²) in [6.07, 6.45) is 3.81. The van der Waals surface area contributed by atoms with Gasteiger partial charge in [0.05, 0.1) is 25.3 Å². The van der Waals surface area contributed by atoms with Crippen LogP contribution in [0, 0.1) is 13.8 Å². The van der Waals surface area contributed by atoms with Crippen LogP contribution in [-0.4, -0.2) is 22.7 Å². The fourth-order valence-corrected chi connectivity index (χ4v) is 2.03. The van der Waals surface area contributed by atoms with Crippen LogP contribution >= 0.6 is 0 Å². The summed E-state index contributed by atoms with van der Waals surface area (Å²) in [4.78, 5) is 11.9. The second-order valence-corrected chi connectivity index (χ2v) is 5.12. The van der Waals surface area contributed by atoms with Crippen LogP contribution in [0.3, 0.4) is 0 Å². The molecule has 5 nitrogen and oxygen atoms in total. The number of benzene rings is 1. The Morgan fingerprint density at radius 3 is 2.95 bits per heavy atom. The highest BCUT2D eigenvalue weighted by Gasteiger charge is 2.10. The largest absolute Gasteiger partial charge is 0.493 e. The predicted molar refractivity (Wildman–Crippen MR) is 81.2 cm³/mol. The van der Waals surface area contributed by atoms with E-state index in [4.69, 9.17) is 4.74 Å². The summed E-state index contributed by atoms with van der Waals surface area (Å²) < 4.78 is 5.68. The molecule has 0 bridgehead atoms. The molecule has 0 saturated heterocycles. The number of aromatic nitrogens is 2. The van der Waals surface area contributed by atoms with E-state index in [1.807, 2.05) is 39.0 Å². The first kappa shape index (κ1) is 15.1. The number of nitrogens with one attached hydrogen (secondary N) is 2. The zero-order chi connectivity index (χ0) is 15.2. The Hall–Kier alpha value is -2.30. The predicted octanol–water partition coefficient (Wildman–Crippen LogP) is 2.67. The van der Waals surface area contributed by atoms with Crippen LogP contribution in [0.1, 0.15) is 36.1 Å². The van der Waals surface area contributed by atoms with Gasteiger partial charge in [-0.3, -0.25) is 9.89 Å². The number of hydrogen-bond donors (Lipinski definition) is 2. The Labute approximate surface area is 124 Å². The van der Waals surface area contributed by atoms with Crippen molar-refractivity contribution in [3.05, 3.63) is 47.3 Å². The van der Waals surface area contributed by atoms with Crippen LogP contribution < -0.4 is 10.1 Å². The molecule has 112 valence electrons. The first-order valence-corrected chi connectivity index (χ1v) is 7.05. The minimum absolute atomic E-state index is 0.0333. The third-order valence-corrected chi connectivity index (χ3v) is 3.54. The Morgan fingerprint density at radius 2 is 2.24 bits per heavy atom. The molecule has 1 amide bonds. The van der Waals surface area contributed by atoms with E-state index < -0.39 is 0 Å². The number of H-pyrrole nitrogens is 1. The molecule has 1 aromatic carbocycles. The lowest BCUT2D eigenvalue weighted by atomic mass is 10.1. The molecular formula is C16H21N3O2. The van der Waals surface area contributed by atoms with Gasteiger partial charge in [-0.25, -0.2) is 0 Å². The van der Waals surface area contributed by atoms with Gasteiger partial charge in [-0.2, -0.15) is 5.10 Å². The van der Waals surface area contributed by atoms with Gasteiger partial charge in [0.25, 0.3) is 0 Å². The molecule has 0 aliphatic carbocycles. The molecule has 0 aliphatic rings. The molecule has 2 N–H and O–H groups in total. The van der Waals surface area contributed by atoms with Gasteiger partial charge in [0.1, 0.15) is 5.75 Å². The van der Waals surface area contributed by atoms with Gasteiger partial charge >= 0.3 is 0 Å². The van der Waals surface area contributed by atoms with E-state index in [9.17, 15) is 4.79 Å². The van der Waals surface area contributed by atoms with Crippen molar-refractivity contribution in [2.75, 3.05) is 6.61 Å². The summed E-state index contributed by atoms with van der Waals surface area (Å²) in [6.45, 7) is 6.36. The molecule has 1 heterocycles. The quantitative estimate of drug-likeness (QED) is 0.858. The zero-order valence-corrected chi connectivity index (χ0v) is 12.6. The zero-order valence-electron chi connectivity index (χ0n) is 12.6. The molecule has 2 rings (SSSR count). The molecule has 1 atom stereocenters. The van der Waals surface area contributed by atoms with Crippen molar-refractivity contribution in [3.8, 4) is 5.75 Å². The monoisotopic (exact) mass is 287 g/mol. The van der Waals surface area contributed by atoms with Crippen molar-refractivity contribution in [1.29, 1.82) is 0 Å². The van der Waals surface area contributed by atoms with Crippen LogP contribution in [0.2, 0.25) is 0 Å². The van der Waals surface area contributed by atoms with Crippen LogP contribution in [-0.2, 0) is 4.79 Å². The summed E-state index contributed by atoms with van der Waals surface area (Å²) in [6, 6.07) is 5.87. The van der Waals surface area contributed by atoms with E-state index in [0.29, 0.717) is 13.0 Å². The van der Waals surface area contributed by atoms with Gasteiger partial charge in [0, 0.05) is 11.8 Å². The Morgan fingerprint density at radius 1 is 1.43 bits per heavy atom. The highest BCUT2D eigenvalue weighted by Crippen LogP contribution is 2.20. The number of nitrogens with zero attached hydrogens (tertiary/aromatic N) is 1. The number of carbonyl (C=O) groups is 1. The molecule has 5 heteroatoms. The van der Waals surface area contributed by atoms with E-state index in [1.165, 1.54) is 5.56 Å². The highest BCUT2D eigenvalue weighted by molar-refractivity contribution is 5.76. The summed E-state index contributed by atoms with van der Waals surface area (Å²) in [7, 11) is 0. The Balaban J connectivity index is 1.78. The fraction of sp³-hybridized carbons (Fsp3) is 0.375. The number of aromatic amines is 1. The molecule has 0 saturated carbocycles. The third-order valence-electron chi connectivity index (χ3n) is 3.54. The minimum atomic E-state index is -0.0584. The topological polar surface area (TPSA) is 67.0 Å². The second kappa shape index (κ2) is 6.92. The molecule has 0 radical (unpaired) electrons. The van der Waals surface area contributed by atoms with Gasteiger partial charge < -0.3 is 10.1 Å². The van der Waals surface area contributed by atoms with Crippen LogP contribution in [0.4, 0.5) is 0 Å². The van der Waals surface area contributed by atoms with Crippen molar-refractivity contribution >= 4 is 5.91 Å². The summed E-state index contributed by atoms with van der Waals surface area (Å²) in [5, 5.41) is 9.52. The number of hydrogen-bond acceptors (Lipinski definition) is 3. The van der Waals surface area contributed by atoms with Crippen molar-refractivity contribution in [1.82, 2.24) is 15.5 Å². The first-order chi connectivity index (χ1) is 10.1. The van der Waals surface area contributed by atoms with Gasteiger partial charge in [-0.05, 0) is 38.0 Å². The Bertz CT molecular complexity index is 594. The van der Waals surface area contributed by atoms with Gasteiger partial charge in [0.15, 0.2) is 0 Å². The van der Waals surface area contributed by atoms with Crippen molar-refractivity contribution < 1.29 is 9.53 Å². The lowest BCUT2D eigenvalue weighted by Crippen LogP contribution is -2.27. The maximum atomic E-state index is 11.9. The van der Waals surface area contributed by atoms with E-state index in [2.05, 4.69) is 15.5 Å². The average molecular weight is 287 g/mol. The Kier molecular flexibility index (Phi) is 4.98. The summed E-state index contributed by atoms with van der Waals surface area (Å²) >= 11 is 0. The molecule has 21 heavy (non-hydrogen) atoms. The SMILES string of the molecule is Cc1cccc(OCCC(=O)NC(C)c2cn[nH]c2)c1C. The van der Waals surface area contributed by atoms with Gasteiger partial charge in [-0.1, -0.05) is 12.1 Å². The summed E-state index contributed by atoms with van der Waals surface area (Å²) in [5.41, 5.74) is 3.26. The van der Waals surface area contributed by atoms with Crippen LogP contribution in [0.15, 0.2) is 30.6 Å². The molecule has 1 aromatic heterocycles. The first-order valence-electron chi connectivity index (χ1n) is 7.05. The number of carbonyl (C=O) groups excluding carboxylic acids is 1. The number of ether oxygens (including phenoxy) is 1. The van der Waals surface area contributed by atoms with E-state index in [1.54, 1.807) is 12.4 Å². The fourth-order valence-electron chi connectivity index (χ4n) is 2.03. The highest BCUT2D eigenvalue weighted by atomic mass is 16.5. The maximum absolute atomic E-state index is 11.9. The maximum Gasteiger partial charge on any atom is 0.223 e. The molecule has 0 spiro atoms. The van der Waals surface area contributed by atoms with E-state index >= 15 is 0 Å². The standard InChI is InChI=1S/C16H21N3O2/c1-11-5-4-6-15(12(11)2)21-8-7-16(20)19-13(3)14-9-17-18-10-14/h4-6,9-10,13H,7-8H2,1-3H3,(H,17,18)(H,19,20).